The van der Waals surface area contributed by atoms with Crippen LogP contribution in [-0.2, 0) is 4.79 Å². The zero-order valence-electron chi connectivity index (χ0n) is 14.5. The molecule has 0 saturated carbocycles. The molecule has 0 aliphatic carbocycles. The monoisotopic (exact) mass is 327 g/mol. The normalized spacial score (nSPS) is 11.2. The van der Waals surface area contributed by atoms with E-state index in [-0.39, 0.29) is 5.91 Å². The fourth-order valence-electron chi connectivity index (χ4n) is 2.66. The van der Waals surface area contributed by atoms with E-state index in [1.54, 1.807) is 0 Å². The number of amides is 1. The Morgan fingerprint density at radius 3 is 2.20 bits per heavy atom. The number of benzene rings is 3. The lowest BCUT2D eigenvalue weighted by atomic mass is 10.0. The minimum atomic E-state index is -0.114. The van der Waals surface area contributed by atoms with Crippen molar-refractivity contribution in [3.05, 3.63) is 101 Å². The van der Waals surface area contributed by atoms with Crippen LogP contribution in [-0.4, -0.2) is 5.91 Å². The molecule has 0 aromatic heterocycles. The lowest BCUT2D eigenvalue weighted by Crippen LogP contribution is -2.13. The summed E-state index contributed by atoms with van der Waals surface area (Å²) in [6.45, 7) is 4.07. The largest absolute Gasteiger partial charge is 0.322 e. The van der Waals surface area contributed by atoms with Crippen molar-refractivity contribution in [2.24, 2.45) is 0 Å². The molecule has 0 aliphatic heterocycles. The molecule has 25 heavy (non-hydrogen) atoms. The summed E-state index contributed by atoms with van der Waals surface area (Å²) in [4.78, 5) is 12.9. The van der Waals surface area contributed by atoms with E-state index in [4.69, 9.17) is 0 Å². The molecule has 3 aromatic rings. The molecule has 0 radical (unpaired) electrons. The number of anilines is 1. The quantitative estimate of drug-likeness (QED) is 0.499. The van der Waals surface area contributed by atoms with Gasteiger partial charge in [-0.05, 0) is 43.2 Å². The fourth-order valence-corrected chi connectivity index (χ4v) is 2.66. The fraction of sp³-hybridized carbons (Fsp3) is 0.0870. The SMILES string of the molecule is Cc1ccc(NC(=O)C(=Cc2cccc(C)c2)c2ccccc2)cc1. The second kappa shape index (κ2) is 7.63. The summed E-state index contributed by atoms with van der Waals surface area (Å²) in [5.41, 5.74) is 5.68. The summed E-state index contributed by atoms with van der Waals surface area (Å²) >= 11 is 0. The van der Waals surface area contributed by atoms with Gasteiger partial charge in [0.05, 0.1) is 0 Å². The Balaban J connectivity index is 1.96. The number of carbonyl (C=O) groups is 1. The van der Waals surface area contributed by atoms with Gasteiger partial charge in [-0.2, -0.15) is 0 Å². The smallest absolute Gasteiger partial charge is 0.256 e. The lowest BCUT2D eigenvalue weighted by molar-refractivity contribution is -0.111. The lowest BCUT2D eigenvalue weighted by Gasteiger charge is -2.10. The van der Waals surface area contributed by atoms with Gasteiger partial charge in [0.2, 0.25) is 0 Å². The van der Waals surface area contributed by atoms with E-state index in [9.17, 15) is 4.79 Å². The third-order valence-corrected chi connectivity index (χ3v) is 3.99. The summed E-state index contributed by atoms with van der Waals surface area (Å²) in [6.07, 6.45) is 1.94. The summed E-state index contributed by atoms with van der Waals surface area (Å²) in [6, 6.07) is 25.7. The minimum Gasteiger partial charge on any atom is -0.322 e. The van der Waals surface area contributed by atoms with Crippen LogP contribution in [0.4, 0.5) is 5.69 Å². The molecule has 0 aliphatic rings. The van der Waals surface area contributed by atoms with Gasteiger partial charge >= 0.3 is 0 Å². The Hall–Kier alpha value is -3.13. The number of aryl methyl sites for hydroxylation is 2. The van der Waals surface area contributed by atoms with Gasteiger partial charge in [-0.25, -0.2) is 0 Å². The average Bonchev–Trinajstić information content (AvgIpc) is 2.62. The van der Waals surface area contributed by atoms with E-state index in [0.717, 1.165) is 22.4 Å². The topological polar surface area (TPSA) is 29.1 Å². The highest BCUT2D eigenvalue weighted by molar-refractivity contribution is 6.29. The van der Waals surface area contributed by atoms with Crippen LogP contribution < -0.4 is 5.32 Å². The molecular weight excluding hydrogens is 306 g/mol. The molecule has 2 heteroatoms. The molecule has 0 bridgehead atoms. The third-order valence-electron chi connectivity index (χ3n) is 3.99. The van der Waals surface area contributed by atoms with Crippen molar-refractivity contribution in [1.29, 1.82) is 0 Å². The van der Waals surface area contributed by atoms with Crippen molar-refractivity contribution in [2.75, 3.05) is 5.32 Å². The van der Waals surface area contributed by atoms with Gasteiger partial charge < -0.3 is 5.32 Å². The molecule has 0 fully saturated rings. The summed E-state index contributed by atoms with van der Waals surface area (Å²) in [5.74, 6) is -0.114. The minimum absolute atomic E-state index is 0.114. The third kappa shape index (κ3) is 4.45. The number of rotatable bonds is 4. The van der Waals surface area contributed by atoms with Crippen molar-refractivity contribution in [3.8, 4) is 0 Å². The molecule has 3 aromatic carbocycles. The molecule has 124 valence electrons. The molecular formula is C23H21NO. The Kier molecular flexibility index (Phi) is 5.10. The van der Waals surface area contributed by atoms with Gasteiger partial charge in [-0.3, -0.25) is 4.79 Å². The Labute approximate surface area is 148 Å². The van der Waals surface area contributed by atoms with Crippen molar-refractivity contribution in [2.45, 2.75) is 13.8 Å². The average molecular weight is 327 g/mol. The van der Waals surface area contributed by atoms with Crippen molar-refractivity contribution >= 4 is 23.2 Å². The second-order valence-corrected chi connectivity index (χ2v) is 6.16. The maximum absolute atomic E-state index is 12.9. The van der Waals surface area contributed by atoms with Crippen LogP contribution in [0.2, 0.25) is 0 Å². The van der Waals surface area contributed by atoms with Gasteiger partial charge in [-0.15, -0.1) is 0 Å². The molecule has 1 amide bonds. The predicted octanol–water partition coefficient (Wildman–Crippen LogP) is 5.48. The highest BCUT2D eigenvalue weighted by Gasteiger charge is 2.12. The van der Waals surface area contributed by atoms with Gasteiger partial charge in [0, 0.05) is 11.3 Å². The Bertz CT molecular complexity index is 893. The first-order chi connectivity index (χ1) is 12.1. The van der Waals surface area contributed by atoms with E-state index >= 15 is 0 Å². The van der Waals surface area contributed by atoms with Gasteiger partial charge in [0.15, 0.2) is 0 Å². The maximum Gasteiger partial charge on any atom is 0.256 e. The molecule has 2 nitrogen and oxygen atoms in total. The molecule has 0 spiro atoms. The summed E-state index contributed by atoms with van der Waals surface area (Å²) < 4.78 is 0. The van der Waals surface area contributed by atoms with Crippen molar-refractivity contribution < 1.29 is 4.79 Å². The molecule has 0 heterocycles. The van der Waals surface area contributed by atoms with Crippen LogP contribution in [0.15, 0.2) is 78.9 Å². The molecule has 0 saturated heterocycles. The number of hydrogen-bond acceptors (Lipinski definition) is 1. The molecule has 3 rings (SSSR count). The van der Waals surface area contributed by atoms with E-state index in [1.165, 1.54) is 5.56 Å². The van der Waals surface area contributed by atoms with Crippen LogP contribution in [0.5, 0.6) is 0 Å². The standard InChI is InChI=1S/C23H21NO/c1-17-11-13-21(14-12-17)24-23(25)22(20-9-4-3-5-10-20)16-19-8-6-7-18(2)15-19/h3-16H,1-2H3,(H,24,25). The van der Waals surface area contributed by atoms with Gasteiger partial charge in [0.25, 0.3) is 5.91 Å². The Morgan fingerprint density at radius 1 is 0.800 bits per heavy atom. The number of nitrogens with one attached hydrogen (secondary N) is 1. The summed E-state index contributed by atoms with van der Waals surface area (Å²) in [5, 5.41) is 3.00. The number of carbonyl (C=O) groups excluding carboxylic acids is 1. The van der Waals surface area contributed by atoms with Crippen LogP contribution in [0.25, 0.3) is 11.6 Å². The zero-order valence-corrected chi connectivity index (χ0v) is 14.5. The Morgan fingerprint density at radius 2 is 1.52 bits per heavy atom. The van der Waals surface area contributed by atoms with Crippen LogP contribution >= 0.6 is 0 Å². The van der Waals surface area contributed by atoms with E-state index in [1.807, 2.05) is 92.7 Å². The van der Waals surface area contributed by atoms with E-state index in [2.05, 4.69) is 11.4 Å². The van der Waals surface area contributed by atoms with Crippen molar-refractivity contribution in [3.63, 3.8) is 0 Å². The molecule has 0 atom stereocenters. The zero-order chi connectivity index (χ0) is 17.6. The summed E-state index contributed by atoms with van der Waals surface area (Å²) in [7, 11) is 0. The number of hydrogen-bond donors (Lipinski definition) is 1. The molecule has 1 N–H and O–H groups in total. The van der Waals surface area contributed by atoms with Crippen molar-refractivity contribution in [1.82, 2.24) is 0 Å². The predicted molar refractivity (Wildman–Crippen MR) is 105 cm³/mol. The first kappa shape index (κ1) is 16.7. The molecule has 0 unspecified atom stereocenters. The van der Waals surface area contributed by atoms with Crippen LogP contribution in [0, 0.1) is 13.8 Å². The van der Waals surface area contributed by atoms with E-state index < -0.39 is 0 Å². The highest BCUT2D eigenvalue weighted by atomic mass is 16.1. The maximum atomic E-state index is 12.9. The van der Waals surface area contributed by atoms with Crippen LogP contribution in [0.3, 0.4) is 0 Å². The second-order valence-electron chi connectivity index (χ2n) is 6.16. The first-order valence-electron chi connectivity index (χ1n) is 8.33. The van der Waals surface area contributed by atoms with Gasteiger partial charge in [-0.1, -0.05) is 77.9 Å². The first-order valence-corrected chi connectivity index (χ1v) is 8.33. The van der Waals surface area contributed by atoms with E-state index in [0.29, 0.717) is 5.57 Å². The highest BCUT2D eigenvalue weighted by Crippen LogP contribution is 2.21. The van der Waals surface area contributed by atoms with Crippen LogP contribution in [0.1, 0.15) is 22.3 Å². The van der Waals surface area contributed by atoms with Gasteiger partial charge in [0.1, 0.15) is 0 Å².